The Morgan fingerprint density at radius 2 is 1.84 bits per heavy atom. The smallest absolute Gasteiger partial charge is 0.280 e. The van der Waals surface area contributed by atoms with Crippen molar-refractivity contribution in [3.8, 4) is 5.69 Å². The van der Waals surface area contributed by atoms with E-state index in [1.807, 2.05) is 0 Å². The van der Waals surface area contributed by atoms with Crippen LogP contribution >= 0.6 is 0 Å². The molecule has 0 aliphatic heterocycles. The van der Waals surface area contributed by atoms with Crippen molar-refractivity contribution < 1.29 is 9.18 Å². The molecular formula is C17H17FN4O3. The van der Waals surface area contributed by atoms with Crippen molar-refractivity contribution in [2.45, 2.75) is 20.8 Å². The lowest BCUT2D eigenvalue weighted by Crippen LogP contribution is -2.36. The number of aryl methyl sites for hydroxylation is 1. The molecule has 2 heterocycles. The van der Waals surface area contributed by atoms with Crippen LogP contribution in [-0.2, 0) is 4.79 Å². The van der Waals surface area contributed by atoms with Crippen LogP contribution in [0.3, 0.4) is 0 Å². The van der Waals surface area contributed by atoms with Crippen LogP contribution < -0.4 is 16.5 Å². The van der Waals surface area contributed by atoms with Crippen molar-refractivity contribution in [3.63, 3.8) is 0 Å². The zero-order valence-corrected chi connectivity index (χ0v) is 14.0. The van der Waals surface area contributed by atoms with E-state index in [-0.39, 0.29) is 17.2 Å². The molecule has 0 aliphatic rings. The third-order valence-electron chi connectivity index (χ3n) is 3.94. The molecule has 0 spiro atoms. The minimum Gasteiger partial charge on any atom is -0.290 e. The van der Waals surface area contributed by atoms with E-state index in [0.29, 0.717) is 16.9 Å². The number of pyridine rings is 1. The van der Waals surface area contributed by atoms with Gasteiger partial charge in [-0.2, -0.15) is 0 Å². The molecule has 3 aromatic rings. The van der Waals surface area contributed by atoms with Crippen LogP contribution in [0.25, 0.3) is 16.6 Å². The van der Waals surface area contributed by atoms with Gasteiger partial charge in [0.25, 0.3) is 11.1 Å². The number of nitrogens with zero attached hydrogens (tertiary/aromatic N) is 2. The number of aromatic nitrogens is 3. The number of fused-ring (bicyclic) bond motifs is 1. The number of carbonyl (C=O) groups excluding carboxylic acids is 1. The van der Waals surface area contributed by atoms with E-state index in [1.165, 1.54) is 35.0 Å². The van der Waals surface area contributed by atoms with Crippen LogP contribution in [0.1, 0.15) is 19.5 Å². The van der Waals surface area contributed by atoms with Crippen LogP contribution in [-0.4, -0.2) is 20.4 Å². The second kappa shape index (κ2) is 6.04. The second-order valence-corrected chi connectivity index (χ2v) is 6.05. The monoisotopic (exact) mass is 344 g/mol. The lowest BCUT2D eigenvalue weighted by molar-refractivity contribution is -0.119. The van der Waals surface area contributed by atoms with E-state index in [2.05, 4.69) is 10.5 Å². The van der Waals surface area contributed by atoms with Crippen LogP contribution in [0.5, 0.6) is 0 Å². The third-order valence-corrected chi connectivity index (χ3v) is 3.94. The summed E-state index contributed by atoms with van der Waals surface area (Å²) in [4.78, 5) is 36.9. The zero-order valence-electron chi connectivity index (χ0n) is 14.0. The topological polar surface area (TPSA) is 88.9 Å². The van der Waals surface area contributed by atoms with Gasteiger partial charge in [-0.3, -0.25) is 24.9 Å². The maximum atomic E-state index is 13.1. The first-order valence-corrected chi connectivity index (χ1v) is 7.74. The van der Waals surface area contributed by atoms with Gasteiger partial charge in [-0.05, 0) is 31.2 Å². The zero-order chi connectivity index (χ0) is 18.3. The Labute approximate surface area is 141 Å². The minimum absolute atomic E-state index is 0.271. The Hall–Kier alpha value is -3.16. The molecule has 2 aromatic heterocycles. The highest BCUT2D eigenvalue weighted by molar-refractivity contribution is 5.87. The summed E-state index contributed by atoms with van der Waals surface area (Å²) in [5.41, 5.74) is 2.74. The summed E-state index contributed by atoms with van der Waals surface area (Å²) in [6.45, 7) is 4.98. The van der Waals surface area contributed by atoms with E-state index in [9.17, 15) is 18.8 Å². The summed E-state index contributed by atoms with van der Waals surface area (Å²) < 4.78 is 15.4. The van der Waals surface area contributed by atoms with Crippen molar-refractivity contribution in [2.24, 2.45) is 5.92 Å². The van der Waals surface area contributed by atoms with E-state index >= 15 is 0 Å². The Balaban J connectivity index is 2.20. The van der Waals surface area contributed by atoms with Crippen LogP contribution in [0.4, 0.5) is 4.39 Å². The molecule has 3 rings (SSSR count). The Morgan fingerprint density at radius 3 is 2.44 bits per heavy atom. The van der Waals surface area contributed by atoms with Gasteiger partial charge >= 0.3 is 0 Å². The van der Waals surface area contributed by atoms with Gasteiger partial charge in [0.2, 0.25) is 5.91 Å². The maximum Gasteiger partial charge on any atom is 0.280 e. The number of amides is 1. The van der Waals surface area contributed by atoms with E-state index in [4.69, 9.17) is 0 Å². The highest BCUT2D eigenvalue weighted by Gasteiger charge is 2.17. The number of halogens is 1. The first-order valence-electron chi connectivity index (χ1n) is 7.74. The predicted octanol–water partition coefficient (Wildman–Crippen LogP) is 1.65. The SMILES string of the molecule is Cc1c2c(=O)n(-c3ccc(F)cc3)[nH]c2cc(=O)n1NC(=O)C(C)C. The maximum absolute atomic E-state index is 13.1. The Bertz CT molecular complexity index is 1070. The first kappa shape index (κ1) is 16.7. The summed E-state index contributed by atoms with van der Waals surface area (Å²) in [5, 5.41) is 3.11. The molecule has 0 saturated heterocycles. The van der Waals surface area contributed by atoms with Gasteiger partial charge in [0, 0.05) is 12.0 Å². The highest BCUT2D eigenvalue weighted by atomic mass is 19.1. The van der Waals surface area contributed by atoms with Crippen molar-refractivity contribution >= 4 is 16.8 Å². The molecule has 0 radical (unpaired) electrons. The van der Waals surface area contributed by atoms with Gasteiger partial charge in [-0.25, -0.2) is 13.7 Å². The average molecular weight is 344 g/mol. The fourth-order valence-corrected chi connectivity index (χ4v) is 2.52. The molecule has 1 aromatic carbocycles. The van der Waals surface area contributed by atoms with Gasteiger partial charge in [-0.15, -0.1) is 0 Å². The number of aromatic amines is 1. The lowest BCUT2D eigenvalue weighted by atomic mass is 10.2. The highest BCUT2D eigenvalue weighted by Crippen LogP contribution is 2.13. The number of hydrogen-bond acceptors (Lipinski definition) is 3. The largest absolute Gasteiger partial charge is 0.290 e. The van der Waals surface area contributed by atoms with Crippen molar-refractivity contribution in [3.05, 3.63) is 62.6 Å². The van der Waals surface area contributed by atoms with Crippen molar-refractivity contribution in [1.82, 2.24) is 14.5 Å². The average Bonchev–Trinajstić information content (AvgIpc) is 2.88. The van der Waals surface area contributed by atoms with Crippen LogP contribution in [0.2, 0.25) is 0 Å². The number of benzene rings is 1. The molecule has 0 aliphatic carbocycles. The number of hydrogen-bond donors (Lipinski definition) is 2. The van der Waals surface area contributed by atoms with Crippen molar-refractivity contribution in [2.75, 3.05) is 5.43 Å². The number of H-pyrrole nitrogens is 1. The van der Waals surface area contributed by atoms with Gasteiger partial charge in [0.15, 0.2) is 0 Å². The number of carbonyl (C=O) groups is 1. The summed E-state index contributed by atoms with van der Waals surface area (Å²) in [7, 11) is 0. The molecule has 0 bridgehead atoms. The normalized spacial score (nSPS) is 11.2. The molecule has 0 unspecified atom stereocenters. The first-order chi connectivity index (χ1) is 11.8. The molecule has 0 fully saturated rings. The summed E-state index contributed by atoms with van der Waals surface area (Å²) in [6.07, 6.45) is 0. The fraction of sp³-hybridized carbons (Fsp3) is 0.235. The van der Waals surface area contributed by atoms with Gasteiger partial charge in [-0.1, -0.05) is 13.8 Å². The predicted molar refractivity (Wildman–Crippen MR) is 92.1 cm³/mol. The quantitative estimate of drug-likeness (QED) is 0.757. The van der Waals surface area contributed by atoms with Crippen LogP contribution in [0.15, 0.2) is 39.9 Å². The molecule has 8 heteroatoms. The standard InChI is InChI=1S/C17H17FN4O3/c1-9(2)16(24)20-21-10(3)15-13(8-14(21)23)19-22(17(15)25)12-6-4-11(18)5-7-12/h4-9,19H,1-3H3,(H,20,24). The van der Waals surface area contributed by atoms with Gasteiger partial charge in [0.05, 0.1) is 22.3 Å². The number of nitrogens with one attached hydrogen (secondary N) is 2. The van der Waals surface area contributed by atoms with Crippen molar-refractivity contribution in [1.29, 1.82) is 0 Å². The molecule has 7 nitrogen and oxygen atoms in total. The molecule has 0 atom stereocenters. The molecule has 25 heavy (non-hydrogen) atoms. The molecule has 1 amide bonds. The second-order valence-electron chi connectivity index (χ2n) is 6.05. The van der Waals surface area contributed by atoms with E-state index < -0.39 is 16.9 Å². The Kier molecular flexibility index (Phi) is 4.03. The molecule has 130 valence electrons. The van der Waals surface area contributed by atoms with Gasteiger partial charge < -0.3 is 0 Å². The molecular weight excluding hydrogens is 327 g/mol. The molecule has 2 N–H and O–H groups in total. The Morgan fingerprint density at radius 1 is 1.20 bits per heavy atom. The summed E-state index contributed by atoms with van der Waals surface area (Å²) in [6, 6.07) is 6.62. The summed E-state index contributed by atoms with van der Waals surface area (Å²) in [5.74, 6) is -1.07. The summed E-state index contributed by atoms with van der Waals surface area (Å²) >= 11 is 0. The minimum atomic E-state index is -0.466. The molecule has 0 saturated carbocycles. The lowest BCUT2D eigenvalue weighted by Gasteiger charge is -2.13. The van der Waals surface area contributed by atoms with Gasteiger partial charge in [0.1, 0.15) is 5.82 Å². The third kappa shape index (κ3) is 2.86. The van der Waals surface area contributed by atoms with E-state index in [0.717, 1.165) is 4.68 Å². The van der Waals surface area contributed by atoms with E-state index in [1.54, 1.807) is 20.8 Å². The van der Waals surface area contributed by atoms with Crippen LogP contribution in [0, 0.1) is 18.7 Å². The number of rotatable bonds is 3. The fourth-order valence-electron chi connectivity index (χ4n) is 2.52.